The molecule has 0 radical (unpaired) electrons. The number of benzene rings is 1. The first-order valence-electron chi connectivity index (χ1n) is 12.3. The molecule has 2 atom stereocenters. The molecule has 4 N–H and O–H groups in total. The van der Waals surface area contributed by atoms with Crippen molar-refractivity contribution in [1.29, 1.82) is 0 Å². The molecule has 3 amide bonds. The van der Waals surface area contributed by atoms with Gasteiger partial charge in [-0.1, -0.05) is 25.1 Å². The summed E-state index contributed by atoms with van der Waals surface area (Å²) in [5.41, 5.74) is -1.67. The molecular weight excluding hydrogens is 482 g/mol. The van der Waals surface area contributed by atoms with Gasteiger partial charge in [-0.25, -0.2) is 4.79 Å². The summed E-state index contributed by atoms with van der Waals surface area (Å²) in [6.45, 7) is 11.3. The van der Waals surface area contributed by atoms with Gasteiger partial charge in [0.15, 0.2) is 0 Å². The summed E-state index contributed by atoms with van der Waals surface area (Å²) in [7, 11) is 0. The fourth-order valence-electron chi connectivity index (χ4n) is 3.48. The van der Waals surface area contributed by atoms with E-state index in [-0.39, 0.29) is 30.9 Å². The highest BCUT2D eigenvalue weighted by Gasteiger charge is 2.43. The number of amides is 3. The fraction of sp³-hybridized carbons (Fsp3) is 0.615. The van der Waals surface area contributed by atoms with Crippen LogP contribution in [0, 0.1) is 0 Å². The van der Waals surface area contributed by atoms with Gasteiger partial charge in [-0.2, -0.15) is 0 Å². The molecule has 0 heterocycles. The maximum Gasteiger partial charge on any atom is 0.408 e. The Morgan fingerprint density at radius 1 is 1.05 bits per heavy atom. The molecule has 0 saturated heterocycles. The molecule has 11 heteroatoms. The molecule has 208 valence electrons. The van der Waals surface area contributed by atoms with Crippen molar-refractivity contribution in [1.82, 2.24) is 15.5 Å². The largest absolute Gasteiger partial charge is 0.508 e. The highest BCUT2D eigenvalue weighted by atomic mass is 16.6. The van der Waals surface area contributed by atoms with Gasteiger partial charge in [0, 0.05) is 17.6 Å². The number of nitrogens with one attached hydrogen (secondary N) is 2. The van der Waals surface area contributed by atoms with E-state index in [0.717, 1.165) is 0 Å². The first-order chi connectivity index (χ1) is 17.2. The molecule has 1 rings (SSSR count). The highest BCUT2D eigenvalue weighted by Crippen LogP contribution is 2.35. The van der Waals surface area contributed by atoms with Gasteiger partial charge in [-0.15, -0.1) is 0 Å². The molecule has 11 nitrogen and oxygen atoms in total. The summed E-state index contributed by atoms with van der Waals surface area (Å²) >= 11 is 0. The standard InChI is InChI=1S/C26H41N3O8/c1-8-26(6,7)29(23(34)18(16-30)28-24(35)37-25(3,4)5)21(17-12-10-11-13-19(17)31)22(33)27-15-14-20(32)36-9-2/h10-13,18,21,30-31H,8-9,14-16H2,1-7H3,(H,27,33)(H,28,35). The summed E-state index contributed by atoms with van der Waals surface area (Å²) in [6.07, 6.45) is -0.603. The molecule has 2 unspecified atom stereocenters. The van der Waals surface area contributed by atoms with Gasteiger partial charge in [0.1, 0.15) is 23.4 Å². The van der Waals surface area contributed by atoms with E-state index in [1.54, 1.807) is 53.7 Å². The van der Waals surface area contributed by atoms with Crippen molar-refractivity contribution in [2.24, 2.45) is 0 Å². The van der Waals surface area contributed by atoms with Crippen LogP contribution in [0.1, 0.15) is 72.9 Å². The van der Waals surface area contributed by atoms with E-state index in [1.807, 2.05) is 6.92 Å². The SMILES string of the molecule is CCOC(=O)CCNC(=O)C(c1ccccc1O)N(C(=O)C(CO)NC(=O)OC(C)(C)C)C(C)(C)CC. The van der Waals surface area contributed by atoms with Crippen molar-refractivity contribution in [2.75, 3.05) is 19.8 Å². The normalized spacial score (nSPS) is 13.2. The van der Waals surface area contributed by atoms with Crippen LogP contribution in [0.15, 0.2) is 24.3 Å². The van der Waals surface area contributed by atoms with Gasteiger partial charge in [-0.3, -0.25) is 14.4 Å². The predicted octanol–water partition coefficient (Wildman–Crippen LogP) is 2.41. The number of phenolic OH excluding ortho intramolecular Hbond substituents is 1. The summed E-state index contributed by atoms with van der Waals surface area (Å²) in [6, 6.07) is 3.30. The number of hydrogen-bond donors (Lipinski definition) is 4. The number of alkyl carbamates (subject to hydrolysis) is 1. The molecule has 0 aliphatic rings. The number of aliphatic hydroxyl groups excluding tert-OH is 1. The summed E-state index contributed by atoms with van der Waals surface area (Å²) in [5, 5.41) is 25.6. The summed E-state index contributed by atoms with van der Waals surface area (Å²) in [4.78, 5) is 52.7. The topological polar surface area (TPSA) is 154 Å². The summed E-state index contributed by atoms with van der Waals surface area (Å²) in [5.74, 6) is -2.13. The van der Waals surface area contributed by atoms with E-state index in [1.165, 1.54) is 17.0 Å². The Morgan fingerprint density at radius 2 is 1.68 bits per heavy atom. The van der Waals surface area contributed by atoms with Crippen LogP contribution in [0.4, 0.5) is 4.79 Å². The average Bonchev–Trinajstić information content (AvgIpc) is 2.80. The number of ether oxygens (including phenoxy) is 2. The zero-order valence-corrected chi connectivity index (χ0v) is 22.8. The molecule has 0 bridgehead atoms. The minimum atomic E-state index is -1.43. The Kier molecular flexibility index (Phi) is 11.8. The van der Waals surface area contributed by atoms with Crippen LogP contribution < -0.4 is 10.6 Å². The van der Waals surface area contributed by atoms with Crippen LogP contribution in [0.25, 0.3) is 0 Å². The van der Waals surface area contributed by atoms with Crippen molar-refractivity contribution in [3.05, 3.63) is 29.8 Å². The number of rotatable bonds is 12. The number of para-hydroxylation sites is 1. The van der Waals surface area contributed by atoms with Crippen molar-refractivity contribution in [2.45, 2.75) is 84.5 Å². The second-order valence-electron chi connectivity index (χ2n) is 10.1. The van der Waals surface area contributed by atoms with Gasteiger partial charge >= 0.3 is 12.1 Å². The Labute approximate surface area is 218 Å². The molecule has 1 aromatic carbocycles. The highest BCUT2D eigenvalue weighted by molar-refractivity contribution is 5.93. The number of carbonyl (C=O) groups excluding carboxylic acids is 4. The zero-order valence-electron chi connectivity index (χ0n) is 22.8. The van der Waals surface area contributed by atoms with Gasteiger partial charge in [0.05, 0.1) is 19.6 Å². The molecule has 0 aliphatic heterocycles. The number of aliphatic hydroxyl groups is 1. The van der Waals surface area contributed by atoms with Crippen LogP contribution in [0.2, 0.25) is 0 Å². The Bertz CT molecular complexity index is 942. The lowest BCUT2D eigenvalue weighted by Crippen LogP contribution is -2.60. The quantitative estimate of drug-likeness (QED) is 0.305. The third-order valence-electron chi connectivity index (χ3n) is 5.60. The molecule has 0 fully saturated rings. The monoisotopic (exact) mass is 523 g/mol. The lowest BCUT2D eigenvalue weighted by molar-refractivity contribution is -0.150. The first kappa shape index (κ1) is 31.7. The molecule has 0 saturated carbocycles. The van der Waals surface area contributed by atoms with E-state index >= 15 is 0 Å². The van der Waals surface area contributed by atoms with E-state index < -0.39 is 53.7 Å². The third kappa shape index (κ3) is 9.56. The minimum absolute atomic E-state index is 0.0596. The summed E-state index contributed by atoms with van der Waals surface area (Å²) < 4.78 is 10.1. The second-order valence-corrected chi connectivity index (χ2v) is 10.1. The van der Waals surface area contributed by atoms with Crippen molar-refractivity contribution in [3.63, 3.8) is 0 Å². The number of carbonyl (C=O) groups is 4. The number of aromatic hydroxyl groups is 1. The van der Waals surface area contributed by atoms with Crippen LogP contribution in [0.3, 0.4) is 0 Å². The first-order valence-corrected chi connectivity index (χ1v) is 12.3. The Hall–Kier alpha value is -3.34. The van der Waals surface area contributed by atoms with Gasteiger partial charge in [-0.05, 0) is 54.0 Å². The van der Waals surface area contributed by atoms with Crippen LogP contribution in [-0.2, 0) is 23.9 Å². The predicted molar refractivity (Wildman–Crippen MR) is 137 cm³/mol. The number of hydrogen-bond acceptors (Lipinski definition) is 8. The molecule has 0 spiro atoms. The number of phenols is 1. The average molecular weight is 524 g/mol. The van der Waals surface area contributed by atoms with Gasteiger partial charge in [0.2, 0.25) is 11.8 Å². The number of esters is 1. The van der Waals surface area contributed by atoms with E-state index in [2.05, 4.69) is 10.6 Å². The van der Waals surface area contributed by atoms with E-state index in [9.17, 15) is 29.4 Å². The molecular formula is C26H41N3O8. The van der Waals surface area contributed by atoms with Crippen LogP contribution >= 0.6 is 0 Å². The van der Waals surface area contributed by atoms with Gasteiger partial charge in [0.25, 0.3) is 0 Å². The van der Waals surface area contributed by atoms with Crippen molar-refractivity contribution >= 4 is 23.9 Å². The third-order valence-corrected chi connectivity index (χ3v) is 5.60. The van der Waals surface area contributed by atoms with Crippen molar-refractivity contribution in [3.8, 4) is 5.75 Å². The van der Waals surface area contributed by atoms with E-state index in [4.69, 9.17) is 9.47 Å². The second kappa shape index (κ2) is 13.8. The minimum Gasteiger partial charge on any atom is -0.508 e. The molecule has 0 aromatic heterocycles. The Morgan fingerprint density at radius 3 is 2.19 bits per heavy atom. The maximum atomic E-state index is 13.8. The zero-order chi connectivity index (χ0) is 28.4. The smallest absolute Gasteiger partial charge is 0.408 e. The lowest BCUT2D eigenvalue weighted by atomic mass is 9.91. The molecule has 0 aliphatic carbocycles. The van der Waals surface area contributed by atoms with E-state index in [0.29, 0.717) is 6.42 Å². The fourth-order valence-corrected chi connectivity index (χ4v) is 3.48. The van der Waals surface area contributed by atoms with Crippen LogP contribution in [-0.4, -0.2) is 75.9 Å². The lowest BCUT2D eigenvalue weighted by Gasteiger charge is -2.44. The van der Waals surface area contributed by atoms with Crippen molar-refractivity contribution < 1.29 is 38.9 Å². The van der Waals surface area contributed by atoms with Crippen LogP contribution in [0.5, 0.6) is 5.75 Å². The molecule has 1 aromatic rings. The van der Waals surface area contributed by atoms with Gasteiger partial charge < -0.3 is 35.2 Å². The Balaban J connectivity index is 3.46. The maximum absolute atomic E-state index is 13.8. The molecule has 37 heavy (non-hydrogen) atoms. The number of nitrogens with zero attached hydrogens (tertiary/aromatic N) is 1.